The second-order valence-corrected chi connectivity index (χ2v) is 4.73. The Morgan fingerprint density at radius 2 is 2.00 bits per heavy atom. The molecule has 0 bridgehead atoms. The fraction of sp³-hybridized carbons (Fsp3) is 0.308. The van der Waals surface area contributed by atoms with Crippen LogP contribution in [0.3, 0.4) is 0 Å². The van der Waals surface area contributed by atoms with Crippen LogP contribution in [0.2, 0.25) is 0 Å². The van der Waals surface area contributed by atoms with Gasteiger partial charge >= 0.3 is 0 Å². The Balaban J connectivity index is 1.83. The van der Waals surface area contributed by atoms with Crippen molar-refractivity contribution in [1.29, 1.82) is 0 Å². The summed E-state index contributed by atoms with van der Waals surface area (Å²) in [5, 5.41) is 7.56. The molecule has 0 amide bonds. The normalized spacial score (nSPS) is 10.5. The maximum absolute atomic E-state index is 4.15. The van der Waals surface area contributed by atoms with E-state index in [1.165, 1.54) is 16.3 Å². The average molecular weight is 247 g/mol. The Bertz CT molecular complexity index is 462. The number of hydrogen-bond acceptors (Lipinski definition) is 3. The van der Waals surface area contributed by atoms with E-state index in [2.05, 4.69) is 47.0 Å². The highest BCUT2D eigenvalue weighted by Crippen LogP contribution is 2.17. The van der Waals surface area contributed by atoms with Crippen molar-refractivity contribution in [1.82, 2.24) is 9.78 Å². The Kier molecular flexibility index (Phi) is 4.09. The minimum Gasteiger partial charge on any atom is -0.385 e. The van der Waals surface area contributed by atoms with Crippen molar-refractivity contribution in [3.8, 4) is 0 Å². The van der Waals surface area contributed by atoms with Gasteiger partial charge in [0.25, 0.3) is 0 Å². The van der Waals surface area contributed by atoms with Crippen LogP contribution in [0.4, 0.5) is 5.69 Å². The van der Waals surface area contributed by atoms with Crippen molar-refractivity contribution in [3.05, 3.63) is 42.2 Å². The first-order chi connectivity index (χ1) is 8.29. The summed E-state index contributed by atoms with van der Waals surface area (Å²) in [5.74, 6) is 0. The molecule has 0 aliphatic heterocycles. The van der Waals surface area contributed by atoms with Gasteiger partial charge in [-0.15, -0.1) is 11.8 Å². The van der Waals surface area contributed by atoms with Crippen LogP contribution in [-0.4, -0.2) is 22.6 Å². The Morgan fingerprint density at radius 1 is 1.24 bits per heavy atom. The zero-order valence-electron chi connectivity index (χ0n) is 10.2. The number of hydrogen-bond donors (Lipinski definition) is 1. The van der Waals surface area contributed by atoms with Gasteiger partial charge < -0.3 is 5.32 Å². The molecule has 17 heavy (non-hydrogen) atoms. The number of benzene rings is 1. The summed E-state index contributed by atoms with van der Waals surface area (Å²) in [7, 11) is 1.97. The Hall–Kier alpha value is -1.42. The van der Waals surface area contributed by atoms with Gasteiger partial charge in [0.1, 0.15) is 0 Å². The second kappa shape index (κ2) is 5.77. The molecule has 2 aromatic rings. The monoisotopic (exact) mass is 247 g/mol. The standard InChI is InChI=1S/C13H17N3S/c1-16-12(8-10-15-16)7-9-14-11-3-5-13(17-2)6-4-11/h3-6,8,10,14H,7,9H2,1-2H3. The van der Waals surface area contributed by atoms with Gasteiger partial charge in [-0.1, -0.05) is 0 Å². The van der Waals surface area contributed by atoms with E-state index in [1.807, 2.05) is 17.9 Å². The number of rotatable bonds is 5. The van der Waals surface area contributed by atoms with E-state index >= 15 is 0 Å². The third kappa shape index (κ3) is 3.27. The highest BCUT2D eigenvalue weighted by molar-refractivity contribution is 7.98. The van der Waals surface area contributed by atoms with Crippen LogP contribution < -0.4 is 5.32 Å². The average Bonchev–Trinajstić information content (AvgIpc) is 2.76. The number of anilines is 1. The lowest BCUT2D eigenvalue weighted by Crippen LogP contribution is -2.08. The molecule has 0 saturated heterocycles. The third-order valence-electron chi connectivity index (χ3n) is 2.72. The summed E-state index contributed by atoms with van der Waals surface area (Å²) in [6.45, 7) is 0.929. The molecule has 0 fully saturated rings. The topological polar surface area (TPSA) is 29.9 Å². The summed E-state index contributed by atoms with van der Waals surface area (Å²) >= 11 is 1.76. The van der Waals surface area contributed by atoms with E-state index in [4.69, 9.17) is 0 Å². The number of nitrogens with one attached hydrogen (secondary N) is 1. The van der Waals surface area contributed by atoms with Gasteiger partial charge in [-0.2, -0.15) is 5.10 Å². The number of aryl methyl sites for hydroxylation is 1. The molecular weight excluding hydrogens is 230 g/mol. The van der Waals surface area contributed by atoms with Crippen LogP contribution in [0, 0.1) is 0 Å². The highest BCUT2D eigenvalue weighted by atomic mass is 32.2. The van der Waals surface area contributed by atoms with E-state index in [0.29, 0.717) is 0 Å². The van der Waals surface area contributed by atoms with E-state index in [-0.39, 0.29) is 0 Å². The molecule has 4 heteroatoms. The first kappa shape index (κ1) is 12.0. The van der Waals surface area contributed by atoms with E-state index in [0.717, 1.165) is 13.0 Å². The molecule has 1 aromatic carbocycles. The van der Waals surface area contributed by atoms with Gasteiger partial charge in [-0.05, 0) is 36.6 Å². The van der Waals surface area contributed by atoms with Crippen LogP contribution in [0.15, 0.2) is 41.4 Å². The molecule has 0 atom stereocenters. The summed E-state index contributed by atoms with van der Waals surface area (Å²) < 4.78 is 1.92. The quantitative estimate of drug-likeness (QED) is 0.824. The first-order valence-corrected chi connectivity index (χ1v) is 6.87. The minimum atomic E-state index is 0.929. The van der Waals surface area contributed by atoms with Gasteiger partial charge in [0.2, 0.25) is 0 Å². The number of aromatic nitrogens is 2. The zero-order valence-corrected chi connectivity index (χ0v) is 11.0. The maximum atomic E-state index is 4.15. The van der Waals surface area contributed by atoms with Gasteiger partial charge in [-0.25, -0.2) is 0 Å². The first-order valence-electron chi connectivity index (χ1n) is 5.64. The molecule has 1 heterocycles. The van der Waals surface area contributed by atoms with Gasteiger partial charge in [-0.3, -0.25) is 4.68 Å². The molecule has 3 nitrogen and oxygen atoms in total. The largest absolute Gasteiger partial charge is 0.385 e. The van der Waals surface area contributed by atoms with E-state index in [9.17, 15) is 0 Å². The van der Waals surface area contributed by atoms with Crippen LogP contribution >= 0.6 is 11.8 Å². The van der Waals surface area contributed by atoms with E-state index < -0.39 is 0 Å². The summed E-state index contributed by atoms with van der Waals surface area (Å²) in [6, 6.07) is 10.6. The predicted molar refractivity (Wildman–Crippen MR) is 73.6 cm³/mol. The molecule has 0 spiro atoms. The van der Waals surface area contributed by atoms with Crippen molar-refractivity contribution >= 4 is 17.4 Å². The highest BCUT2D eigenvalue weighted by Gasteiger charge is 1.98. The summed E-state index contributed by atoms with van der Waals surface area (Å²) in [4.78, 5) is 1.29. The molecule has 1 aromatic heterocycles. The molecule has 0 saturated carbocycles. The lowest BCUT2D eigenvalue weighted by molar-refractivity contribution is 0.711. The minimum absolute atomic E-state index is 0.929. The molecule has 1 N–H and O–H groups in total. The van der Waals surface area contributed by atoms with Crippen molar-refractivity contribution in [2.24, 2.45) is 7.05 Å². The summed E-state index contributed by atoms with van der Waals surface area (Å²) in [5.41, 5.74) is 2.42. The Morgan fingerprint density at radius 3 is 2.59 bits per heavy atom. The summed E-state index contributed by atoms with van der Waals surface area (Å²) in [6.07, 6.45) is 4.91. The molecule has 0 radical (unpaired) electrons. The zero-order chi connectivity index (χ0) is 12.1. The van der Waals surface area contributed by atoms with Gasteiger partial charge in [0, 0.05) is 42.5 Å². The fourth-order valence-electron chi connectivity index (χ4n) is 1.69. The van der Waals surface area contributed by atoms with Crippen molar-refractivity contribution in [2.45, 2.75) is 11.3 Å². The molecule has 2 rings (SSSR count). The van der Waals surface area contributed by atoms with Crippen LogP contribution in [-0.2, 0) is 13.5 Å². The lowest BCUT2D eigenvalue weighted by Gasteiger charge is -2.07. The van der Waals surface area contributed by atoms with Crippen LogP contribution in [0.25, 0.3) is 0 Å². The molecule has 0 unspecified atom stereocenters. The smallest absolute Gasteiger partial charge is 0.0492 e. The number of thioether (sulfide) groups is 1. The molecule has 0 aliphatic rings. The molecular formula is C13H17N3S. The number of nitrogens with zero attached hydrogens (tertiary/aromatic N) is 2. The SMILES string of the molecule is CSc1ccc(NCCc2ccnn2C)cc1. The lowest BCUT2D eigenvalue weighted by atomic mass is 10.3. The van der Waals surface area contributed by atoms with Crippen molar-refractivity contribution < 1.29 is 0 Å². The second-order valence-electron chi connectivity index (χ2n) is 3.85. The fourth-order valence-corrected chi connectivity index (χ4v) is 2.10. The predicted octanol–water partition coefficient (Wildman–Crippen LogP) is 2.80. The maximum Gasteiger partial charge on any atom is 0.0492 e. The van der Waals surface area contributed by atoms with E-state index in [1.54, 1.807) is 11.8 Å². The van der Waals surface area contributed by atoms with Gasteiger partial charge in [0.05, 0.1) is 0 Å². The van der Waals surface area contributed by atoms with Crippen molar-refractivity contribution in [3.63, 3.8) is 0 Å². The van der Waals surface area contributed by atoms with Gasteiger partial charge in [0.15, 0.2) is 0 Å². The van der Waals surface area contributed by atoms with Crippen LogP contribution in [0.5, 0.6) is 0 Å². The Labute approximate surface area is 106 Å². The molecule has 90 valence electrons. The van der Waals surface area contributed by atoms with Crippen molar-refractivity contribution in [2.75, 3.05) is 18.1 Å². The molecule has 0 aliphatic carbocycles. The van der Waals surface area contributed by atoms with Crippen LogP contribution in [0.1, 0.15) is 5.69 Å². The third-order valence-corrected chi connectivity index (χ3v) is 3.47.